The first-order valence-electron chi connectivity index (χ1n) is 8.94. The van der Waals surface area contributed by atoms with E-state index in [9.17, 15) is 22.8 Å². The highest BCUT2D eigenvalue weighted by Crippen LogP contribution is 2.29. The summed E-state index contributed by atoms with van der Waals surface area (Å²) in [6, 6.07) is 13.0. The lowest BCUT2D eigenvalue weighted by Gasteiger charge is -2.12. The Balaban J connectivity index is 1.64. The predicted octanol–water partition coefficient (Wildman–Crippen LogP) is 3.00. The van der Waals surface area contributed by atoms with Crippen molar-refractivity contribution in [2.24, 2.45) is 0 Å². The highest BCUT2D eigenvalue weighted by atomic mass is 32.2. The van der Waals surface area contributed by atoms with Crippen LogP contribution in [0.3, 0.4) is 0 Å². The summed E-state index contributed by atoms with van der Waals surface area (Å²) < 4.78 is 43.5. The first kappa shape index (κ1) is 22.9. The van der Waals surface area contributed by atoms with Crippen molar-refractivity contribution >= 4 is 35.0 Å². The van der Waals surface area contributed by atoms with Gasteiger partial charge < -0.3 is 21.2 Å². The third-order valence-corrected chi connectivity index (χ3v) is 4.99. The Morgan fingerprint density at radius 1 is 1.09 bits per heavy atom. The van der Waals surface area contributed by atoms with E-state index < -0.39 is 23.8 Å². The Morgan fingerprint density at radius 2 is 1.78 bits per heavy atom. The molecule has 9 nitrogen and oxygen atoms in total. The summed E-state index contributed by atoms with van der Waals surface area (Å²) in [6.07, 6.45) is -4.76. The van der Waals surface area contributed by atoms with Gasteiger partial charge >= 0.3 is 6.18 Å². The van der Waals surface area contributed by atoms with Crippen LogP contribution in [0.15, 0.2) is 53.7 Å². The van der Waals surface area contributed by atoms with Gasteiger partial charge in [-0.05, 0) is 36.4 Å². The Bertz CT molecular complexity index is 1120. The number of nitrogens with zero attached hydrogens (tertiary/aromatic N) is 3. The first-order valence-corrected chi connectivity index (χ1v) is 9.92. The zero-order chi connectivity index (χ0) is 23.3. The highest BCUT2D eigenvalue weighted by Gasteiger charge is 2.38. The van der Waals surface area contributed by atoms with Gasteiger partial charge in [0.25, 0.3) is 11.7 Å². The van der Waals surface area contributed by atoms with Crippen molar-refractivity contribution in [3.8, 4) is 5.75 Å². The molecule has 0 bridgehead atoms. The number of ether oxygens (including phenoxy) is 1. The maximum atomic E-state index is 12.7. The Kier molecular flexibility index (Phi) is 6.88. The zero-order valence-corrected chi connectivity index (χ0v) is 17.3. The van der Waals surface area contributed by atoms with E-state index in [1.807, 2.05) is 0 Å². The molecule has 3 rings (SSSR count). The summed E-state index contributed by atoms with van der Waals surface area (Å²) in [6.45, 7) is 0. The second kappa shape index (κ2) is 9.60. The number of hydrogen-bond acceptors (Lipinski definition) is 7. The molecule has 3 aromatic rings. The van der Waals surface area contributed by atoms with Gasteiger partial charge in [0.05, 0.1) is 24.1 Å². The van der Waals surface area contributed by atoms with E-state index in [2.05, 4.69) is 20.8 Å². The van der Waals surface area contributed by atoms with Crippen LogP contribution >= 0.6 is 11.8 Å². The standard InChI is InChI=1S/C19H17F3N6O3S/c1-31-12-8-6-11(7-9-12)24-16(30)13-4-2-3-5-14(13)25-15(29)10-32-18-27-26-17(28(18)23)19(20,21)22/h2-9H,10,23H2,1H3,(H,24,30)(H,25,29). The average Bonchev–Trinajstić information content (AvgIpc) is 3.14. The number of thioether (sulfide) groups is 1. The third kappa shape index (κ3) is 5.49. The number of amides is 2. The second-order valence-corrected chi connectivity index (χ2v) is 7.18. The molecule has 0 aliphatic rings. The van der Waals surface area contributed by atoms with Crippen LogP contribution in [0.5, 0.6) is 5.75 Å². The average molecular weight is 466 g/mol. The fourth-order valence-corrected chi connectivity index (χ4v) is 3.20. The maximum absolute atomic E-state index is 12.7. The van der Waals surface area contributed by atoms with Gasteiger partial charge in [0.2, 0.25) is 11.1 Å². The molecule has 0 spiro atoms. The summed E-state index contributed by atoms with van der Waals surface area (Å²) in [7, 11) is 1.53. The van der Waals surface area contributed by atoms with Gasteiger partial charge in [-0.3, -0.25) is 9.59 Å². The first-order chi connectivity index (χ1) is 15.2. The van der Waals surface area contributed by atoms with Crippen LogP contribution < -0.4 is 21.2 Å². The highest BCUT2D eigenvalue weighted by molar-refractivity contribution is 7.99. The van der Waals surface area contributed by atoms with Crippen LogP contribution in [0.2, 0.25) is 0 Å². The van der Waals surface area contributed by atoms with Gasteiger partial charge in [0.1, 0.15) is 5.75 Å². The van der Waals surface area contributed by atoms with Gasteiger partial charge in [-0.15, -0.1) is 10.2 Å². The molecule has 0 atom stereocenters. The van der Waals surface area contributed by atoms with E-state index >= 15 is 0 Å². The topological polar surface area (TPSA) is 124 Å². The van der Waals surface area contributed by atoms with Crippen LogP contribution in [0.4, 0.5) is 24.5 Å². The van der Waals surface area contributed by atoms with Crippen LogP contribution in [-0.4, -0.2) is 39.6 Å². The Hall–Kier alpha value is -3.74. The summed E-state index contributed by atoms with van der Waals surface area (Å²) in [5, 5.41) is 11.3. The van der Waals surface area contributed by atoms with Crippen LogP contribution in [0.25, 0.3) is 0 Å². The molecule has 2 amide bonds. The number of nitrogen functional groups attached to an aromatic ring is 1. The molecule has 32 heavy (non-hydrogen) atoms. The van der Waals surface area contributed by atoms with Gasteiger partial charge in [-0.25, -0.2) is 4.68 Å². The maximum Gasteiger partial charge on any atom is 0.453 e. The third-order valence-electron chi connectivity index (χ3n) is 4.04. The van der Waals surface area contributed by atoms with Crippen molar-refractivity contribution in [3.05, 3.63) is 59.9 Å². The van der Waals surface area contributed by atoms with Crippen molar-refractivity contribution in [2.45, 2.75) is 11.3 Å². The quantitative estimate of drug-likeness (QED) is 0.361. The largest absolute Gasteiger partial charge is 0.497 e. The molecule has 0 radical (unpaired) electrons. The van der Waals surface area contributed by atoms with Crippen LogP contribution in [-0.2, 0) is 11.0 Å². The zero-order valence-electron chi connectivity index (χ0n) is 16.5. The molecule has 0 fully saturated rings. The smallest absolute Gasteiger partial charge is 0.453 e. The lowest BCUT2D eigenvalue weighted by molar-refractivity contribution is -0.146. The SMILES string of the molecule is COc1ccc(NC(=O)c2ccccc2NC(=O)CSc2nnc(C(F)(F)F)n2N)cc1. The molecular weight excluding hydrogens is 449 g/mol. The number of benzene rings is 2. The Morgan fingerprint density at radius 3 is 2.41 bits per heavy atom. The van der Waals surface area contributed by atoms with Crippen molar-refractivity contribution in [2.75, 3.05) is 29.3 Å². The predicted molar refractivity (Wildman–Crippen MR) is 112 cm³/mol. The van der Waals surface area contributed by atoms with Crippen molar-refractivity contribution in [1.29, 1.82) is 0 Å². The molecule has 0 saturated carbocycles. The summed E-state index contributed by atoms with van der Waals surface area (Å²) in [5.41, 5.74) is 0.951. The van der Waals surface area contributed by atoms with Gasteiger partial charge in [-0.1, -0.05) is 23.9 Å². The van der Waals surface area contributed by atoms with Crippen molar-refractivity contribution in [3.63, 3.8) is 0 Å². The number of carbonyl (C=O) groups is 2. The minimum absolute atomic E-state index is 0.197. The van der Waals surface area contributed by atoms with Crippen molar-refractivity contribution in [1.82, 2.24) is 14.9 Å². The summed E-state index contributed by atoms with van der Waals surface area (Å²) in [5.74, 6) is 3.26. The number of nitrogens with one attached hydrogen (secondary N) is 2. The van der Waals surface area contributed by atoms with E-state index in [4.69, 9.17) is 10.6 Å². The Labute approximate surface area is 184 Å². The van der Waals surface area contributed by atoms with Gasteiger partial charge in [0.15, 0.2) is 0 Å². The monoisotopic (exact) mass is 466 g/mol. The molecule has 1 heterocycles. The molecule has 0 aliphatic heterocycles. The number of methoxy groups -OCH3 is 1. The number of rotatable bonds is 7. The molecule has 4 N–H and O–H groups in total. The molecular formula is C19H17F3N6O3S. The fraction of sp³-hybridized carbons (Fsp3) is 0.158. The lowest BCUT2D eigenvalue weighted by Crippen LogP contribution is -2.22. The molecule has 0 saturated heterocycles. The molecule has 0 unspecified atom stereocenters. The number of para-hydroxylation sites is 1. The minimum atomic E-state index is -4.76. The number of halogens is 3. The van der Waals surface area contributed by atoms with E-state index in [1.54, 1.807) is 36.4 Å². The molecule has 13 heteroatoms. The normalized spacial score (nSPS) is 11.1. The minimum Gasteiger partial charge on any atom is -0.497 e. The molecule has 0 aliphatic carbocycles. The lowest BCUT2D eigenvalue weighted by atomic mass is 10.1. The number of hydrogen-bond donors (Lipinski definition) is 3. The van der Waals surface area contributed by atoms with E-state index in [1.165, 1.54) is 19.2 Å². The van der Waals surface area contributed by atoms with E-state index in [0.29, 0.717) is 23.2 Å². The molecule has 2 aromatic carbocycles. The number of carbonyl (C=O) groups excluding carboxylic acids is 2. The fourth-order valence-electron chi connectivity index (χ4n) is 2.55. The number of nitrogens with two attached hydrogens (primary N) is 1. The summed E-state index contributed by atoms with van der Waals surface area (Å²) in [4.78, 5) is 25.0. The van der Waals surface area contributed by atoms with Crippen molar-refractivity contribution < 1.29 is 27.5 Å². The number of alkyl halides is 3. The molecule has 168 valence electrons. The van der Waals surface area contributed by atoms with Crippen LogP contribution in [0, 0.1) is 0 Å². The number of aromatic nitrogens is 3. The van der Waals surface area contributed by atoms with Gasteiger partial charge in [0, 0.05) is 5.69 Å². The summed E-state index contributed by atoms with van der Waals surface area (Å²) >= 11 is 0.672. The van der Waals surface area contributed by atoms with E-state index in [0.717, 1.165) is 0 Å². The number of anilines is 2. The molecule has 1 aromatic heterocycles. The second-order valence-electron chi connectivity index (χ2n) is 6.24. The van der Waals surface area contributed by atoms with Crippen LogP contribution in [0.1, 0.15) is 16.2 Å². The van der Waals surface area contributed by atoms with E-state index in [-0.39, 0.29) is 26.8 Å². The van der Waals surface area contributed by atoms with Gasteiger partial charge in [-0.2, -0.15) is 13.2 Å².